The van der Waals surface area contributed by atoms with Gasteiger partial charge in [-0.25, -0.2) is 0 Å². The highest BCUT2D eigenvalue weighted by molar-refractivity contribution is 5.57. The van der Waals surface area contributed by atoms with Crippen molar-refractivity contribution in [2.75, 3.05) is 32.2 Å². The normalized spacial score (nSPS) is 30.1. The standard InChI is InChI=1S/C15H19NO4/c16-14-1-2-15(20-8-11-7-19-11)13(4-10-6-18-10)12(14)3-9-5-17-9/h1-2,9-11H,3-8,16H2. The summed E-state index contributed by atoms with van der Waals surface area (Å²) in [4.78, 5) is 0. The molecule has 3 aliphatic heterocycles. The van der Waals surface area contributed by atoms with Gasteiger partial charge in [0.05, 0.1) is 32.0 Å². The van der Waals surface area contributed by atoms with E-state index in [1.807, 2.05) is 12.1 Å². The van der Waals surface area contributed by atoms with Gasteiger partial charge in [-0.3, -0.25) is 0 Å². The second-order valence-electron chi connectivity index (χ2n) is 5.70. The molecule has 3 unspecified atom stereocenters. The van der Waals surface area contributed by atoms with Crippen LogP contribution in [0.4, 0.5) is 5.69 Å². The van der Waals surface area contributed by atoms with Gasteiger partial charge in [-0.05, 0) is 17.7 Å². The van der Waals surface area contributed by atoms with Gasteiger partial charge in [0.15, 0.2) is 0 Å². The van der Waals surface area contributed by atoms with Crippen molar-refractivity contribution >= 4 is 5.69 Å². The van der Waals surface area contributed by atoms with Crippen LogP contribution in [-0.4, -0.2) is 44.7 Å². The number of nitrogen functional groups attached to an aromatic ring is 1. The first-order valence-electron chi connectivity index (χ1n) is 7.17. The summed E-state index contributed by atoms with van der Waals surface area (Å²) in [5, 5.41) is 0. The van der Waals surface area contributed by atoms with Gasteiger partial charge in [-0.15, -0.1) is 0 Å². The topological polar surface area (TPSA) is 72.8 Å². The summed E-state index contributed by atoms with van der Waals surface area (Å²) in [5.41, 5.74) is 9.33. The smallest absolute Gasteiger partial charge is 0.123 e. The van der Waals surface area contributed by atoms with Crippen LogP contribution in [0.2, 0.25) is 0 Å². The van der Waals surface area contributed by atoms with Crippen LogP contribution in [0.3, 0.4) is 0 Å². The van der Waals surface area contributed by atoms with Crippen LogP contribution in [0.15, 0.2) is 12.1 Å². The molecule has 20 heavy (non-hydrogen) atoms. The van der Waals surface area contributed by atoms with E-state index in [9.17, 15) is 0 Å². The molecule has 0 saturated carbocycles. The first-order chi connectivity index (χ1) is 9.79. The summed E-state index contributed by atoms with van der Waals surface area (Å²) in [6.45, 7) is 3.08. The Morgan fingerprint density at radius 2 is 1.55 bits per heavy atom. The number of ether oxygens (including phenoxy) is 4. The number of nitrogens with two attached hydrogens (primary N) is 1. The fourth-order valence-electron chi connectivity index (χ4n) is 2.46. The van der Waals surface area contributed by atoms with Crippen LogP contribution in [0.1, 0.15) is 11.1 Å². The summed E-state index contributed by atoms with van der Waals surface area (Å²) in [5.74, 6) is 0.917. The summed E-state index contributed by atoms with van der Waals surface area (Å²) in [6.07, 6.45) is 2.63. The third kappa shape index (κ3) is 2.90. The predicted octanol–water partition coefficient (Wildman–Crippen LogP) is 0.929. The van der Waals surface area contributed by atoms with Gasteiger partial charge in [-0.1, -0.05) is 0 Å². The minimum atomic E-state index is 0.257. The lowest BCUT2D eigenvalue weighted by Crippen LogP contribution is -2.11. The molecule has 1 aromatic carbocycles. The number of rotatable bonds is 7. The van der Waals surface area contributed by atoms with Crippen molar-refractivity contribution in [3.05, 3.63) is 23.3 Å². The Morgan fingerprint density at radius 3 is 2.15 bits per heavy atom. The number of benzene rings is 1. The molecule has 4 rings (SSSR count). The highest BCUT2D eigenvalue weighted by Crippen LogP contribution is 2.34. The van der Waals surface area contributed by atoms with Crippen molar-refractivity contribution in [3.63, 3.8) is 0 Å². The van der Waals surface area contributed by atoms with Crippen molar-refractivity contribution in [2.45, 2.75) is 31.2 Å². The lowest BCUT2D eigenvalue weighted by molar-refractivity contribution is 0.260. The number of anilines is 1. The maximum Gasteiger partial charge on any atom is 0.123 e. The highest BCUT2D eigenvalue weighted by Gasteiger charge is 2.31. The summed E-state index contributed by atoms with van der Waals surface area (Å²) >= 11 is 0. The molecule has 1 aromatic rings. The molecule has 3 saturated heterocycles. The Bertz CT molecular complexity index is 507. The van der Waals surface area contributed by atoms with Crippen molar-refractivity contribution in [2.24, 2.45) is 0 Å². The average molecular weight is 277 g/mol. The van der Waals surface area contributed by atoms with Crippen LogP contribution < -0.4 is 10.5 Å². The summed E-state index contributed by atoms with van der Waals surface area (Å²) < 4.78 is 21.8. The Labute approximate surface area is 117 Å². The van der Waals surface area contributed by atoms with E-state index in [0.29, 0.717) is 18.8 Å². The first-order valence-corrected chi connectivity index (χ1v) is 7.17. The van der Waals surface area contributed by atoms with E-state index in [2.05, 4.69) is 0 Å². The number of hydrogen-bond donors (Lipinski definition) is 1. The Balaban J connectivity index is 1.59. The second kappa shape index (κ2) is 4.91. The van der Waals surface area contributed by atoms with Crippen LogP contribution in [0.25, 0.3) is 0 Å². The Kier molecular flexibility index (Phi) is 3.06. The average Bonchev–Trinajstić information content (AvgIpc) is 3.25. The quantitative estimate of drug-likeness (QED) is 0.593. The first kappa shape index (κ1) is 12.4. The molecule has 0 aliphatic carbocycles. The number of epoxide rings is 3. The largest absolute Gasteiger partial charge is 0.490 e. The van der Waals surface area contributed by atoms with Gasteiger partial charge in [0.2, 0.25) is 0 Å². The SMILES string of the molecule is Nc1ccc(OCC2CO2)c(CC2CO2)c1CC1CO1. The van der Waals surface area contributed by atoms with Gasteiger partial charge < -0.3 is 24.7 Å². The molecule has 5 nitrogen and oxygen atoms in total. The van der Waals surface area contributed by atoms with E-state index in [1.54, 1.807) is 0 Å². The van der Waals surface area contributed by atoms with Gasteiger partial charge in [0, 0.05) is 24.1 Å². The van der Waals surface area contributed by atoms with Gasteiger partial charge in [0.1, 0.15) is 18.5 Å². The molecule has 3 atom stereocenters. The monoisotopic (exact) mass is 277 g/mol. The van der Waals surface area contributed by atoms with Gasteiger partial charge in [0.25, 0.3) is 0 Å². The molecule has 0 bridgehead atoms. The molecule has 3 heterocycles. The molecule has 5 heteroatoms. The molecule has 3 aliphatic rings. The second-order valence-corrected chi connectivity index (χ2v) is 5.70. The lowest BCUT2D eigenvalue weighted by atomic mass is 9.96. The fraction of sp³-hybridized carbons (Fsp3) is 0.600. The molecule has 0 amide bonds. The zero-order chi connectivity index (χ0) is 13.5. The molecule has 0 aromatic heterocycles. The third-order valence-electron chi connectivity index (χ3n) is 3.92. The highest BCUT2D eigenvalue weighted by atomic mass is 16.6. The molecule has 0 radical (unpaired) electrons. The molecule has 0 spiro atoms. The zero-order valence-corrected chi connectivity index (χ0v) is 11.3. The molecule has 2 N–H and O–H groups in total. The predicted molar refractivity (Wildman–Crippen MR) is 73.0 cm³/mol. The van der Waals surface area contributed by atoms with Crippen molar-refractivity contribution in [3.8, 4) is 5.75 Å². The van der Waals surface area contributed by atoms with Crippen LogP contribution in [0.5, 0.6) is 5.75 Å². The fourth-order valence-corrected chi connectivity index (χ4v) is 2.46. The van der Waals surface area contributed by atoms with Crippen LogP contribution >= 0.6 is 0 Å². The van der Waals surface area contributed by atoms with E-state index < -0.39 is 0 Å². The van der Waals surface area contributed by atoms with Crippen molar-refractivity contribution in [1.29, 1.82) is 0 Å². The molecule has 108 valence electrons. The minimum absolute atomic E-state index is 0.257. The Hall–Kier alpha value is -1.30. The Morgan fingerprint density at radius 1 is 0.950 bits per heavy atom. The van der Waals surface area contributed by atoms with Crippen LogP contribution in [0, 0.1) is 0 Å². The molecular formula is C15H19NO4. The molecular weight excluding hydrogens is 258 g/mol. The van der Waals surface area contributed by atoms with Gasteiger partial charge in [-0.2, -0.15) is 0 Å². The summed E-state index contributed by atoms with van der Waals surface area (Å²) in [6, 6.07) is 3.89. The van der Waals surface area contributed by atoms with Crippen molar-refractivity contribution < 1.29 is 18.9 Å². The van der Waals surface area contributed by atoms with E-state index in [4.69, 9.17) is 24.7 Å². The van der Waals surface area contributed by atoms with Crippen LogP contribution in [-0.2, 0) is 27.1 Å². The minimum Gasteiger partial charge on any atom is -0.490 e. The van der Waals surface area contributed by atoms with Crippen molar-refractivity contribution in [1.82, 2.24) is 0 Å². The lowest BCUT2D eigenvalue weighted by Gasteiger charge is -2.16. The van der Waals surface area contributed by atoms with E-state index in [-0.39, 0.29) is 6.10 Å². The molecule has 3 fully saturated rings. The van der Waals surface area contributed by atoms with E-state index in [0.717, 1.165) is 49.7 Å². The van der Waals surface area contributed by atoms with E-state index in [1.165, 1.54) is 5.56 Å². The van der Waals surface area contributed by atoms with Gasteiger partial charge >= 0.3 is 0 Å². The maximum absolute atomic E-state index is 6.15. The summed E-state index contributed by atoms with van der Waals surface area (Å²) in [7, 11) is 0. The third-order valence-corrected chi connectivity index (χ3v) is 3.92. The number of hydrogen-bond acceptors (Lipinski definition) is 5. The van der Waals surface area contributed by atoms with E-state index >= 15 is 0 Å². The maximum atomic E-state index is 6.15. The zero-order valence-electron chi connectivity index (χ0n) is 11.3.